The number of aliphatic imine (C=N–C) groups is 1. The van der Waals surface area contributed by atoms with Gasteiger partial charge >= 0.3 is 0 Å². The molecule has 1 atom stereocenters. The van der Waals surface area contributed by atoms with E-state index >= 15 is 0 Å². The van der Waals surface area contributed by atoms with Gasteiger partial charge in [0.2, 0.25) is 5.91 Å². The maximum absolute atomic E-state index is 13.1. The summed E-state index contributed by atoms with van der Waals surface area (Å²) in [6, 6.07) is 7.29. The number of fused-ring (bicyclic) bond motifs is 3. The molecule has 0 saturated carbocycles. The van der Waals surface area contributed by atoms with Crippen LogP contribution in [0, 0.1) is 20.8 Å². The van der Waals surface area contributed by atoms with Gasteiger partial charge in [-0.2, -0.15) is 0 Å². The Morgan fingerprint density at radius 3 is 2.58 bits per heavy atom. The van der Waals surface area contributed by atoms with Crippen LogP contribution >= 0.6 is 45.8 Å². The number of hydrogen-bond acceptors (Lipinski definition) is 7. The van der Waals surface area contributed by atoms with Crippen LogP contribution in [0.1, 0.15) is 45.7 Å². The Bertz CT molecular complexity index is 1290. The molecule has 1 saturated heterocycles. The van der Waals surface area contributed by atoms with Gasteiger partial charge in [0.05, 0.1) is 12.1 Å². The van der Waals surface area contributed by atoms with Gasteiger partial charge in [0.1, 0.15) is 16.9 Å². The first kappa shape index (κ1) is 25.8. The molecule has 2 aliphatic rings. The summed E-state index contributed by atoms with van der Waals surface area (Å²) in [4.78, 5) is 21.9. The first-order chi connectivity index (χ1) is 17.3. The van der Waals surface area contributed by atoms with E-state index in [0.29, 0.717) is 17.4 Å². The highest BCUT2D eigenvalue weighted by molar-refractivity contribution is 14.1. The predicted octanol–water partition coefficient (Wildman–Crippen LogP) is 4.27. The van der Waals surface area contributed by atoms with E-state index in [9.17, 15) is 4.79 Å². The lowest BCUT2D eigenvalue weighted by Crippen LogP contribution is -2.45. The van der Waals surface area contributed by atoms with E-state index in [1.165, 1.54) is 10.4 Å². The lowest BCUT2D eigenvalue weighted by atomic mass is 9.99. The molecule has 1 aromatic carbocycles. The van der Waals surface area contributed by atoms with E-state index in [1.54, 1.807) is 11.3 Å². The van der Waals surface area contributed by atoms with Crippen molar-refractivity contribution >= 4 is 57.4 Å². The molecule has 3 aromatic rings. The van der Waals surface area contributed by atoms with Gasteiger partial charge in [-0.15, -0.1) is 21.5 Å². The minimum absolute atomic E-state index is 0.0305. The van der Waals surface area contributed by atoms with Crippen molar-refractivity contribution in [3.05, 3.63) is 62.5 Å². The molecule has 4 heterocycles. The lowest BCUT2D eigenvalue weighted by molar-refractivity contribution is -0.121. The zero-order chi connectivity index (χ0) is 25.4. The van der Waals surface area contributed by atoms with Crippen LogP contribution in [-0.4, -0.2) is 73.7 Å². The second-order valence-corrected chi connectivity index (χ2v) is 12.2. The van der Waals surface area contributed by atoms with E-state index in [1.807, 2.05) is 31.2 Å². The van der Waals surface area contributed by atoms with Gasteiger partial charge in [0.25, 0.3) is 0 Å². The maximum Gasteiger partial charge on any atom is 0.222 e. The summed E-state index contributed by atoms with van der Waals surface area (Å²) in [6.45, 7) is 11.8. The number of nitrogens with zero attached hydrogens (tertiary/aromatic N) is 6. The minimum atomic E-state index is -0.446. The molecular weight excluding hydrogens is 609 g/mol. The van der Waals surface area contributed by atoms with Gasteiger partial charge in [-0.05, 0) is 38.5 Å². The van der Waals surface area contributed by atoms with Gasteiger partial charge in [-0.3, -0.25) is 19.3 Å². The number of piperazine rings is 1. The predicted molar refractivity (Wildman–Crippen MR) is 153 cm³/mol. The number of carbonyl (C=O) groups excluding carboxylic acids is 1. The molecule has 0 radical (unpaired) electrons. The topological polar surface area (TPSA) is 78.7 Å². The van der Waals surface area contributed by atoms with Gasteiger partial charge in [-0.1, -0.05) is 23.7 Å². The molecule has 0 aliphatic carbocycles. The maximum atomic E-state index is 13.1. The van der Waals surface area contributed by atoms with Crippen LogP contribution in [0.15, 0.2) is 29.3 Å². The summed E-state index contributed by atoms with van der Waals surface area (Å²) < 4.78 is 4.38. The number of halogens is 2. The van der Waals surface area contributed by atoms with E-state index in [-0.39, 0.29) is 12.3 Å². The average Bonchev–Trinajstić information content (AvgIpc) is 3.33. The molecule has 1 fully saturated rings. The molecular formula is C25H29ClIN7OS. The molecule has 11 heteroatoms. The SMILES string of the molecule is Cc1sc2c(c1C)C(c1ccc(Cl)cc1)=NC(CC(=O)NCCN1CCN(I)CC1)c1nnc(C)n1-2. The van der Waals surface area contributed by atoms with Crippen molar-refractivity contribution in [2.45, 2.75) is 33.2 Å². The Kier molecular flexibility index (Phi) is 7.78. The third-order valence-corrected chi connectivity index (χ3v) is 9.21. The first-order valence-electron chi connectivity index (χ1n) is 12.1. The van der Waals surface area contributed by atoms with Gasteiger partial charge in [0.15, 0.2) is 5.82 Å². The van der Waals surface area contributed by atoms with Crippen LogP contribution in [0.2, 0.25) is 5.02 Å². The number of nitrogens with one attached hydrogen (secondary N) is 1. The second kappa shape index (κ2) is 10.9. The Labute approximate surface area is 234 Å². The zero-order valence-electron chi connectivity index (χ0n) is 20.6. The molecule has 190 valence electrons. The smallest absolute Gasteiger partial charge is 0.222 e. The van der Waals surface area contributed by atoms with Gasteiger partial charge in [0, 0.05) is 83.2 Å². The van der Waals surface area contributed by atoms with Crippen LogP contribution in [0.25, 0.3) is 5.00 Å². The van der Waals surface area contributed by atoms with Crippen molar-refractivity contribution in [1.29, 1.82) is 0 Å². The number of benzene rings is 1. The number of thiophene rings is 1. The Hall–Kier alpha value is -1.86. The quantitative estimate of drug-likeness (QED) is 0.323. The van der Waals surface area contributed by atoms with Crippen LogP contribution in [0.4, 0.5) is 0 Å². The fourth-order valence-electron chi connectivity index (χ4n) is 4.68. The van der Waals surface area contributed by atoms with Gasteiger partial charge < -0.3 is 5.32 Å². The molecule has 0 spiro atoms. The highest BCUT2D eigenvalue weighted by atomic mass is 127. The molecule has 36 heavy (non-hydrogen) atoms. The van der Waals surface area contributed by atoms with E-state index < -0.39 is 6.04 Å². The summed E-state index contributed by atoms with van der Waals surface area (Å²) in [5, 5.41) is 13.7. The lowest BCUT2D eigenvalue weighted by Gasteiger charge is -2.31. The third-order valence-electron chi connectivity index (χ3n) is 6.80. The van der Waals surface area contributed by atoms with Crippen LogP contribution < -0.4 is 5.32 Å². The van der Waals surface area contributed by atoms with Crippen LogP contribution in [0.3, 0.4) is 0 Å². The van der Waals surface area contributed by atoms with Crippen LogP contribution in [-0.2, 0) is 4.79 Å². The molecule has 8 nitrogen and oxygen atoms in total. The minimum Gasteiger partial charge on any atom is -0.355 e. The monoisotopic (exact) mass is 637 g/mol. The van der Waals surface area contributed by atoms with Crippen molar-refractivity contribution in [1.82, 2.24) is 28.1 Å². The number of aryl methyl sites for hydroxylation is 2. The Morgan fingerprint density at radius 2 is 1.86 bits per heavy atom. The summed E-state index contributed by atoms with van der Waals surface area (Å²) in [5.74, 6) is 1.46. The van der Waals surface area contributed by atoms with Crippen molar-refractivity contribution in [3.8, 4) is 5.00 Å². The molecule has 2 aromatic heterocycles. The molecule has 0 bridgehead atoms. The number of aromatic nitrogens is 3. The number of hydrogen-bond donors (Lipinski definition) is 1. The van der Waals surface area contributed by atoms with E-state index in [4.69, 9.17) is 16.6 Å². The second-order valence-electron chi connectivity index (χ2n) is 9.21. The summed E-state index contributed by atoms with van der Waals surface area (Å²) in [5.41, 5.74) is 4.08. The Balaban J connectivity index is 1.43. The summed E-state index contributed by atoms with van der Waals surface area (Å²) >= 11 is 10.3. The number of amides is 1. The van der Waals surface area contributed by atoms with Crippen molar-refractivity contribution in [2.24, 2.45) is 4.99 Å². The zero-order valence-corrected chi connectivity index (χ0v) is 24.3. The van der Waals surface area contributed by atoms with Crippen molar-refractivity contribution < 1.29 is 4.79 Å². The van der Waals surface area contributed by atoms with Crippen molar-refractivity contribution in [2.75, 3.05) is 39.3 Å². The van der Waals surface area contributed by atoms with Crippen LogP contribution in [0.5, 0.6) is 0 Å². The largest absolute Gasteiger partial charge is 0.355 e. The highest BCUT2D eigenvalue weighted by Crippen LogP contribution is 2.39. The standard InChI is InChI=1S/C25H29ClIN7OS/c1-15-16(2)36-25-22(15)23(18-4-6-19(26)7-5-18)29-20(24-31-30-17(3)34(24)25)14-21(35)28-8-9-32-10-12-33(27)13-11-32/h4-7,20H,8-14H2,1-3H3,(H,28,35). The molecule has 1 unspecified atom stereocenters. The van der Waals surface area contributed by atoms with E-state index in [0.717, 1.165) is 60.4 Å². The summed E-state index contributed by atoms with van der Waals surface area (Å²) in [7, 11) is 0. The normalized spacial score (nSPS) is 18.4. The third kappa shape index (κ3) is 5.24. The highest BCUT2D eigenvalue weighted by Gasteiger charge is 2.32. The first-order valence-corrected chi connectivity index (χ1v) is 14.2. The van der Waals surface area contributed by atoms with E-state index in [2.05, 4.69) is 64.8 Å². The fourth-order valence-corrected chi connectivity index (χ4v) is 6.45. The number of rotatable bonds is 6. The van der Waals surface area contributed by atoms with Gasteiger partial charge in [-0.25, -0.2) is 3.11 Å². The summed E-state index contributed by atoms with van der Waals surface area (Å²) in [6.07, 6.45) is 0.212. The van der Waals surface area contributed by atoms with Crippen molar-refractivity contribution in [3.63, 3.8) is 0 Å². The molecule has 5 rings (SSSR count). The Morgan fingerprint density at radius 1 is 1.14 bits per heavy atom. The molecule has 2 aliphatic heterocycles. The average molecular weight is 638 g/mol. The fraction of sp³-hybridized carbons (Fsp3) is 0.440. The molecule has 1 amide bonds. The molecule has 1 N–H and O–H groups in total. The number of carbonyl (C=O) groups is 1.